The summed E-state index contributed by atoms with van der Waals surface area (Å²) in [5.74, 6) is -0.0601. The average molecular weight is 326 g/mol. The van der Waals surface area contributed by atoms with Crippen LogP contribution in [0.15, 0.2) is 30.3 Å². The lowest BCUT2D eigenvalue weighted by Gasteiger charge is -2.10. The van der Waals surface area contributed by atoms with E-state index < -0.39 is 0 Å². The second-order valence-corrected chi connectivity index (χ2v) is 5.57. The maximum Gasteiger partial charge on any atom is 0.315 e. The Labute approximate surface area is 138 Å². The van der Waals surface area contributed by atoms with Crippen LogP contribution in [0.1, 0.15) is 23.7 Å². The van der Waals surface area contributed by atoms with Gasteiger partial charge in [0.2, 0.25) is 0 Å². The number of hydrogen-bond donors (Lipinski definition) is 3. The summed E-state index contributed by atoms with van der Waals surface area (Å²) in [6, 6.07) is 8.80. The third-order valence-corrected chi connectivity index (χ3v) is 3.80. The van der Waals surface area contributed by atoms with E-state index in [1.165, 1.54) is 10.6 Å². The molecule has 0 saturated carbocycles. The lowest BCUT2D eigenvalue weighted by Crippen LogP contribution is -2.04. The average Bonchev–Trinajstić information content (AvgIpc) is 2.91. The summed E-state index contributed by atoms with van der Waals surface area (Å²) in [6.45, 7) is 4.17. The lowest BCUT2D eigenvalue weighted by atomic mass is 10.1. The molecule has 3 N–H and O–H groups in total. The molecule has 0 spiro atoms. The first-order valence-electron chi connectivity index (χ1n) is 7.59. The number of aromatic nitrogens is 4. The summed E-state index contributed by atoms with van der Waals surface area (Å²) in [7, 11) is 0. The van der Waals surface area contributed by atoms with Gasteiger partial charge in [-0.3, -0.25) is 4.57 Å². The number of aromatic hydroxyl groups is 3. The van der Waals surface area contributed by atoms with Crippen molar-refractivity contribution in [2.45, 2.75) is 26.8 Å². The molecule has 24 heavy (non-hydrogen) atoms. The van der Waals surface area contributed by atoms with Gasteiger partial charge in [0.25, 0.3) is 0 Å². The normalized spacial score (nSPS) is 10.9. The highest BCUT2D eigenvalue weighted by atomic mass is 16.3. The van der Waals surface area contributed by atoms with E-state index in [0.717, 1.165) is 11.1 Å². The fraction of sp³-hybridized carbons (Fsp3) is 0.235. The Morgan fingerprint density at radius 2 is 1.71 bits per heavy atom. The van der Waals surface area contributed by atoms with Gasteiger partial charge in [0.05, 0.1) is 12.2 Å². The van der Waals surface area contributed by atoms with Gasteiger partial charge >= 0.3 is 6.01 Å². The van der Waals surface area contributed by atoms with Crippen molar-refractivity contribution in [3.05, 3.63) is 47.2 Å². The summed E-state index contributed by atoms with van der Waals surface area (Å²) >= 11 is 0. The predicted molar refractivity (Wildman–Crippen MR) is 87.9 cm³/mol. The minimum atomic E-state index is -0.266. The molecule has 0 saturated heterocycles. The Kier molecular flexibility index (Phi) is 4.07. The van der Waals surface area contributed by atoms with Crippen molar-refractivity contribution in [2.75, 3.05) is 0 Å². The van der Waals surface area contributed by atoms with Gasteiger partial charge in [-0.2, -0.15) is 0 Å². The molecule has 0 bridgehead atoms. The predicted octanol–water partition coefficient (Wildman–Crippen LogP) is 2.38. The van der Waals surface area contributed by atoms with Gasteiger partial charge in [-0.15, -0.1) is 5.10 Å². The van der Waals surface area contributed by atoms with Crippen LogP contribution in [-0.2, 0) is 13.0 Å². The summed E-state index contributed by atoms with van der Waals surface area (Å²) in [6.07, 6.45) is 0.497. The minimum Gasteiger partial charge on any atom is -0.506 e. The van der Waals surface area contributed by atoms with Gasteiger partial charge in [0.1, 0.15) is 11.5 Å². The van der Waals surface area contributed by atoms with E-state index in [1.54, 1.807) is 0 Å². The molecule has 0 amide bonds. The van der Waals surface area contributed by atoms with Gasteiger partial charge in [-0.1, -0.05) is 41.9 Å². The first-order chi connectivity index (χ1) is 11.5. The number of nitrogens with zero attached hydrogens (tertiary/aromatic N) is 4. The maximum atomic E-state index is 10.1. The molecule has 0 unspecified atom stereocenters. The van der Waals surface area contributed by atoms with Gasteiger partial charge in [-0.25, -0.2) is 4.98 Å². The van der Waals surface area contributed by atoms with Crippen molar-refractivity contribution < 1.29 is 15.3 Å². The Morgan fingerprint density at radius 3 is 2.38 bits per heavy atom. The molecule has 0 radical (unpaired) electrons. The van der Waals surface area contributed by atoms with Crippen LogP contribution in [0, 0.1) is 6.92 Å². The zero-order valence-corrected chi connectivity index (χ0v) is 13.4. The molecule has 3 rings (SSSR count). The van der Waals surface area contributed by atoms with Gasteiger partial charge in [-0.05, 0) is 18.9 Å². The largest absolute Gasteiger partial charge is 0.506 e. The minimum absolute atomic E-state index is 0.0763. The number of benzene rings is 1. The Balaban J connectivity index is 2.06. The van der Waals surface area contributed by atoms with Crippen LogP contribution in [0.2, 0.25) is 0 Å². The topological polar surface area (TPSA) is 104 Å². The van der Waals surface area contributed by atoms with Crippen molar-refractivity contribution in [2.24, 2.45) is 0 Å². The van der Waals surface area contributed by atoms with E-state index in [1.807, 2.05) is 38.1 Å². The van der Waals surface area contributed by atoms with Crippen LogP contribution in [0.25, 0.3) is 11.5 Å². The molecule has 3 aromatic rings. The van der Waals surface area contributed by atoms with Crippen molar-refractivity contribution >= 4 is 0 Å². The molecule has 2 aromatic heterocycles. The van der Waals surface area contributed by atoms with Crippen LogP contribution in [0.3, 0.4) is 0 Å². The van der Waals surface area contributed by atoms with Crippen molar-refractivity contribution in [1.82, 2.24) is 19.7 Å². The van der Waals surface area contributed by atoms with Crippen LogP contribution in [0.4, 0.5) is 0 Å². The number of hydrogen-bond acceptors (Lipinski definition) is 6. The van der Waals surface area contributed by atoms with E-state index >= 15 is 0 Å². The molecular weight excluding hydrogens is 308 g/mol. The lowest BCUT2D eigenvalue weighted by molar-refractivity contribution is 0.404. The summed E-state index contributed by atoms with van der Waals surface area (Å²) < 4.78 is 1.46. The second-order valence-electron chi connectivity index (χ2n) is 5.57. The molecule has 0 aliphatic carbocycles. The smallest absolute Gasteiger partial charge is 0.315 e. The molecule has 0 fully saturated rings. The van der Waals surface area contributed by atoms with Crippen LogP contribution in [-0.4, -0.2) is 35.1 Å². The van der Waals surface area contributed by atoms with Crippen molar-refractivity contribution in [3.8, 4) is 29.0 Å². The van der Waals surface area contributed by atoms with E-state index in [-0.39, 0.29) is 29.0 Å². The third-order valence-electron chi connectivity index (χ3n) is 3.80. The van der Waals surface area contributed by atoms with Crippen LogP contribution < -0.4 is 0 Å². The number of pyridine rings is 1. The summed E-state index contributed by atoms with van der Waals surface area (Å²) in [5, 5.41) is 37.5. The molecule has 1 aromatic carbocycles. The van der Waals surface area contributed by atoms with Crippen molar-refractivity contribution in [3.63, 3.8) is 0 Å². The van der Waals surface area contributed by atoms with Crippen LogP contribution >= 0.6 is 0 Å². The molecule has 124 valence electrons. The molecule has 0 aliphatic heterocycles. The SMILES string of the molecule is CCc1nc(-c2nnc(O)n2Cc2ccc(C)cc2)c(O)cc1O. The fourth-order valence-electron chi connectivity index (χ4n) is 2.45. The monoisotopic (exact) mass is 326 g/mol. The molecule has 0 aliphatic rings. The Hall–Kier alpha value is -3.09. The Morgan fingerprint density at radius 1 is 1.00 bits per heavy atom. The maximum absolute atomic E-state index is 10.1. The zero-order chi connectivity index (χ0) is 17.3. The van der Waals surface area contributed by atoms with E-state index in [9.17, 15) is 15.3 Å². The van der Waals surface area contributed by atoms with E-state index in [2.05, 4.69) is 15.2 Å². The standard InChI is InChI=1S/C17H18N4O3/c1-3-12-13(22)8-14(23)15(18-12)16-19-20-17(24)21(16)9-11-6-4-10(2)5-7-11/h4-8,22-23H,3,9H2,1-2H3,(H,20,24). The number of aryl methyl sites for hydroxylation is 2. The van der Waals surface area contributed by atoms with Crippen molar-refractivity contribution in [1.29, 1.82) is 0 Å². The second kappa shape index (κ2) is 6.19. The first-order valence-corrected chi connectivity index (χ1v) is 7.59. The van der Waals surface area contributed by atoms with E-state index in [4.69, 9.17) is 0 Å². The first kappa shape index (κ1) is 15.8. The molecular formula is C17H18N4O3. The number of rotatable bonds is 4. The fourth-order valence-corrected chi connectivity index (χ4v) is 2.45. The highest BCUT2D eigenvalue weighted by Crippen LogP contribution is 2.32. The molecule has 7 nitrogen and oxygen atoms in total. The quantitative estimate of drug-likeness (QED) is 0.680. The van der Waals surface area contributed by atoms with Crippen LogP contribution in [0.5, 0.6) is 17.5 Å². The van der Waals surface area contributed by atoms with Gasteiger partial charge in [0.15, 0.2) is 11.5 Å². The highest BCUT2D eigenvalue weighted by molar-refractivity contribution is 5.61. The van der Waals surface area contributed by atoms with Gasteiger partial charge in [0, 0.05) is 6.07 Å². The third kappa shape index (κ3) is 2.88. The Bertz CT molecular complexity index is 872. The zero-order valence-electron chi connectivity index (χ0n) is 13.4. The van der Waals surface area contributed by atoms with E-state index in [0.29, 0.717) is 18.7 Å². The molecule has 2 heterocycles. The molecule has 7 heteroatoms. The summed E-state index contributed by atoms with van der Waals surface area (Å²) in [4.78, 5) is 4.26. The highest BCUT2D eigenvalue weighted by Gasteiger charge is 2.20. The summed E-state index contributed by atoms with van der Waals surface area (Å²) in [5.41, 5.74) is 2.69. The van der Waals surface area contributed by atoms with Gasteiger partial charge < -0.3 is 15.3 Å². The molecule has 0 atom stereocenters.